The van der Waals surface area contributed by atoms with Gasteiger partial charge in [-0.1, -0.05) is 36.0 Å². The summed E-state index contributed by atoms with van der Waals surface area (Å²) >= 11 is 1.16. The van der Waals surface area contributed by atoms with Gasteiger partial charge in [-0.05, 0) is 55.5 Å². The lowest BCUT2D eigenvalue weighted by Crippen LogP contribution is -2.22. The number of nitrogens with zero attached hydrogens (tertiary/aromatic N) is 4. The van der Waals surface area contributed by atoms with Crippen molar-refractivity contribution in [2.24, 2.45) is 0 Å². The number of ether oxygens (including phenoxy) is 1. The van der Waals surface area contributed by atoms with E-state index in [9.17, 15) is 15.2 Å². The summed E-state index contributed by atoms with van der Waals surface area (Å²) < 4.78 is 7.03. The number of nitrogens with one attached hydrogen (secondary N) is 1. The van der Waals surface area contributed by atoms with Gasteiger partial charge < -0.3 is 14.8 Å². The standard InChI is InChI=1S/C27H21N5O3S/c1-2-35-18-13-11-17(12-14-18)32-26(34)19-7-3-4-8-21(19)31-27(32)36-16-24(33)20(15-28)25-29-22-9-5-6-10-23(22)30-25/h3-14,33H,2,16H2,1H3,(H,29,30). The number of aliphatic hydroxyl groups is 1. The molecule has 0 aliphatic heterocycles. The molecule has 8 nitrogen and oxygen atoms in total. The van der Waals surface area contributed by atoms with Crippen molar-refractivity contribution in [3.8, 4) is 17.5 Å². The third-order valence-electron chi connectivity index (χ3n) is 5.52. The number of rotatable bonds is 7. The third kappa shape index (κ3) is 4.42. The normalized spacial score (nSPS) is 11.9. The maximum atomic E-state index is 13.5. The van der Waals surface area contributed by atoms with Crippen molar-refractivity contribution in [2.45, 2.75) is 12.1 Å². The lowest BCUT2D eigenvalue weighted by atomic mass is 10.2. The first-order valence-electron chi connectivity index (χ1n) is 11.2. The molecule has 0 unspecified atom stereocenters. The molecule has 36 heavy (non-hydrogen) atoms. The summed E-state index contributed by atoms with van der Waals surface area (Å²) in [5.74, 6) is 0.832. The molecule has 0 spiro atoms. The Balaban J connectivity index is 1.54. The van der Waals surface area contributed by atoms with Crippen LogP contribution in [0.5, 0.6) is 5.75 Å². The lowest BCUT2D eigenvalue weighted by molar-refractivity contribution is 0.340. The Morgan fingerprint density at radius 3 is 2.50 bits per heavy atom. The molecular weight excluding hydrogens is 474 g/mol. The summed E-state index contributed by atoms with van der Waals surface area (Å²) in [5.41, 5.74) is 2.43. The molecule has 9 heteroatoms. The minimum Gasteiger partial charge on any atom is -0.510 e. The van der Waals surface area contributed by atoms with Gasteiger partial charge in [0.05, 0.1) is 40.0 Å². The number of imidazole rings is 1. The first-order chi connectivity index (χ1) is 17.6. The average molecular weight is 496 g/mol. The fraction of sp³-hybridized carbons (Fsp3) is 0.111. The van der Waals surface area contributed by atoms with Crippen molar-refractivity contribution in [3.05, 3.63) is 94.7 Å². The number of allylic oxidation sites excluding steroid dienone is 1. The maximum Gasteiger partial charge on any atom is 0.266 e. The molecule has 0 fully saturated rings. The highest BCUT2D eigenvalue weighted by Crippen LogP contribution is 2.26. The number of hydrogen-bond acceptors (Lipinski definition) is 7. The predicted octanol–water partition coefficient (Wildman–Crippen LogP) is 5.25. The Labute approximate surface area is 210 Å². The minimum atomic E-state index is -0.228. The van der Waals surface area contributed by atoms with E-state index in [-0.39, 0.29) is 28.5 Å². The van der Waals surface area contributed by atoms with Gasteiger partial charge in [0.25, 0.3) is 5.56 Å². The fourth-order valence-corrected chi connectivity index (χ4v) is 4.72. The van der Waals surface area contributed by atoms with Crippen LogP contribution in [0, 0.1) is 11.3 Å². The van der Waals surface area contributed by atoms with Gasteiger partial charge in [0.1, 0.15) is 23.2 Å². The fourth-order valence-electron chi connectivity index (χ4n) is 3.83. The first-order valence-corrected chi connectivity index (χ1v) is 12.2. The van der Waals surface area contributed by atoms with Crippen LogP contribution in [0.25, 0.3) is 33.2 Å². The number of aromatic amines is 1. The van der Waals surface area contributed by atoms with Crippen LogP contribution in [-0.2, 0) is 0 Å². The largest absolute Gasteiger partial charge is 0.510 e. The van der Waals surface area contributed by atoms with E-state index in [0.717, 1.165) is 17.3 Å². The van der Waals surface area contributed by atoms with Crippen molar-refractivity contribution in [2.75, 3.05) is 12.4 Å². The van der Waals surface area contributed by atoms with Crippen LogP contribution in [0.15, 0.2) is 88.5 Å². The van der Waals surface area contributed by atoms with Gasteiger partial charge >= 0.3 is 0 Å². The van der Waals surface area contributed by atoms with E-state index < -0.39 is 0 Å². The van der Waals surface area contributed by atoms with Crippen LogP contribution in [0.1, 0.15) is 12.7 Å². The molecule has 0 saturated heterocycles. The number of H-pyrrole nitrogens is 1. The quantitative estimate of drug-likeness (QED) is 0.137. The molecule has 0 bridgehead atoms. The molecule has 5 aromatic rings. The Morgan fingerprint density at radius 2 is 1.78 bits per heavy atom. The van der Waals surface area contributed by atoms with E-state index in [2.05, 4.69) is 9.97 Å². The number of nitriles is 1. The van der Waals surface area contributed by atoms with Crippen molar-refractivity contribution < 1.29 is 9.84 Å². The van der Waals surface area contributed by atoms with Crippen molar-refractivity contribution in [1.82, 2.24) is 19.5 Å². The number of hydrogen-bond donors (Lipinski definition) is 2. The number of aliphatic hydroxyl groups excluding tert-OH is 1. The van der Waals surface area contributed by atoms with Crippen LogP contribution in [0.3, 0.4) is 0 Å². The molecule has 0 aliphatic rings. The number of aromatic nitrogens is 4. The Hall–Kier alpha value is -4.55. The van der Waals surface area contributed by atoms with Crippen LogP contribution < -0.4 is 10.3 Å². The number of thioether (sulfide) groups is 1. The third-order valence-corrected chi connectivity index (χ3v) is 6.47. The summed E-state index contributed by atoms with van der Waals surface area (Å²) in [6, 6.07) is 23.7. The topological polar surface area (TPSA) is 117 Å². The monoisotopic (exact) mass is 495 g/mol. The Morgan fingerprint density at radius 1 is 1.06 bits per heavy atom. The summed E-state index contributed by atoms with van der Waals surface area (Å²) in [5, 5.41) is 21.4. The molecule has 5 rings (SSSR count). The Kier molecular flexibility index (Phi) is 6.43. The summed E-state index contributed by atoms with van der Waals surface area (Å²) in [6.45, 7) is 2.44. The van der Waals surface area contributed by atoms with E-state index >= 15 is 0 Å². The average Bonchev–Trinajstić information content (AvgIpc) is 3.33. The molecule has 3 aromatic carbocycles. The lowest BCUT2D eigenvalue weighted by Gasteiger charge is -2.14. The summed E-state index contributed by atoms with van der Waals surface area (Å²) in [6.07, 6.45) is 0. The molecule has 0 aliphatic carbocycles. The Bertz CT molecular complexity index is 1660. The zero-order valence-corrected chi connectivity index (χ0v) is 20.1. The number of benzene rings is 3. The first kappa shape index (κ1) is 23.2. The second-order valence-electron chi connectivity index (χ2n) is 7.80. The molecule has 2 N–H and O–H groups in total. The van der Waals surface area contributed by atoms with E-state index in [4.69, 9.17) is 9.72 Å². The molecule has 0 radical (unpaired) electrons. The predicted molar refractivity (Wildman–Crippen MR) is 140 cm³/mol. The molecule has 0 atom stereocenters. The number of fused-ring (bicyclic) bond motifs is 2. The van der Waals surface area contributed by atoms with E-state index in [1.165, 1.54) is 4.57 Å². The van der Waals surface area contributed by atoms with Crippen molar-refractivity contribution in [1.29, 1.82) is 5.26 Å². The van der Waals surface area contributed by atoms with E-state index in [1.54, 1.807) is 42.5 Å². The maximum absolute atomic E-state index is 13.5. The van der Waals surface area contributed by atoms with Gasteiger partial charge in [0.2, 0.25) is 0 Å². The molecule has 0 amide bonds. The smallest absolute Gasteiger partial charge is 0.266 e. The number of para-hydroxylation sites is 3. The van der Waals surface area contributed by atoms with Gasteiger partial charge in [-0.15, -0.1) is 0 Å². The highest BCUT2D eigenvalue weighted by Gasteiger charge is 2.17. The van der Waals surface area contributed by atoms with Crippen LogP contribution >= 0.6 is 11.8 Å². The molecule has 2 aromatic heterocycles. The SMILES string of the molecule is CCOc1ccc(-n2c(SCC(O)=C(C#N)c3nc4ccccc4[nH]3)nc3ccccc3c2=O)cc1. The van der Waals surface area contributed by atoms with E-state index in [1.807, 2.05) is 43.3 Å². The van der Waals surface area contributed by atoms with Gasteiger partial charge in [-0.2, -0.15) is 5.26 Å². The van der Waals surface area contributed by atoms with Crippen molar-refractivity contribution >= 4 is 39.3 Å². The second kappa shape index (κ2) is 9.98. The van der Waals surface area contributed by atoms with Crippen LogP contribution in [0.4, 0.5) is 0 Å². The summed E-state index contributed by atoms with van der Waals surface area (Å²) in [7, 11) is 0. The van der Waals surface area contributed by atoms with Gasteiger partial charge in [0, 0.05) is 0 Å². The zero-order chi connectivity index (χ0) is 25.1. The van der Waals surface area contributed by atoms with Crippen molar-refractivity contribution in [3.63, 3.8) is 0 Å². The van der Waals surface area contributed by atoms with Gasteiger partial charge in [-0.3, -0.25) is 9.36 Å². The van der Waals surface area contributed by atoms with Crippen LogP contribution in [-0.4, -0.2) is 37.0 Å². The molecular formula is C27H21N5O3S. The molecule has 0 saturated carbocycles. The zero-order valence-electron chi connectivity index (χ0n) is 19.3. The highest BCUT2D eigenvalue weighted by molar-refractivity contribution is 7.99. The minimum absolute atomic E-state index is 0.0156. The van der Waals surface area contributed by atoms with Gasteiger partial charge in [-0.25, -0.2) is 9.97 Å². The second-order valence-corrected chi connectivity index (χ2v) is 8.75. The van der Waals surface area contributed by atoms with Crippen LogP contribution in [0.2, 0.25) is 0 Å². The molecule has 178 valence electrons. The van der Waals surface area contributed by atoms with Gasteiger partial charge in [0.15, 0.2) is 11.0 Å². The highest BCUT2D eigenvalue weighted by atomic mass is 32.2. The summed E-state index contributed by atoms with van der Waals surface area (Å²) in [4.78, 5) is 25.6. The van der Waals surface area contributed by atoms with E-state index in [0.29, 0.717) is 39.6 Å². The molecule has 2 heterocycles.